The molecule has 1 aliphatic heterocycles. The van der Waals surface area contributed by atoms with Crippen LogP contribution in [0, 0.1) is 0 Å². The van der Waals surface area contributed by atoms with E-state index in [2.05, 4.69) is 5.32 Å². The Balaban J connectivity index is 1.86. The number of amides is 1. The molecule has 29 heavy (non-hydrogen) atoms. The molecule has 3 N–H and O–H groups in total. The Kier molecular flexibility index (Phi) is 6.57. The first-order chi connectivity index (χ1) is 13.6. The highest BCUT2D eigenvalue weighted by Crippen LogP contribution is 2.31. The van der Waals surface area contributed by atoms with Crippen LogP contribution in [0.25, 0.3) is 0 Å². The van der Waals surface area contributed by atoms with Gasteiger partial charge in [-0.1, -0.05) is 23.4 Å². The molecule has 3 rings (SSSR count). The number of nitrogens with zero attached hydrogens (tertiary/aromatic N) is 1. The highest BCUT2D eigenvalue weighted by Gasteiger charge is 2.47. The first kappa shape index (κ1) is 22.1. The number of piperazine rings is 1. The third-order valence-corrected chi connectivity index (χ3v) is 7.87. The van der Waals surface area contributed by atoms with E-state index in [-0.39, 0.29) is 11.4 Å². The molecule has 1 heterocycles. The minimum atomic E-state index is -3.94. The highest BCUT2D eigenvalue weighted by molar-refractivity contribution is 7.99. The molecule has 0 spiro atoms. The second-order valence-electron chi connectivity index (χ2n) is 7.17. The summed E-state index contributed by atoms with van der Waals surface area (Å²) in [6.45, 7) is 3.96. The van der Waals surface area contributed by atoms with Crippen LogP contribution in [0.3, 0.4) is 0 Å². The normalized spacial score (nSPS) is 19.7. The van der Waals surface area contributed by atoms with Gasteiger partial charge in [-0.2, -0.15) is 4.31 Å². The standard InChI is InChI=1S/C19H22ClN3O4S2/c1-19(2)17(18(24)22-25)23(12-11-21-19)29(26,27)16-9-7-15(8-10-16)28-14-5-3-13(20)4-6-14/h3-10,17,21,25H,11-12H2,1-2H3,(H,22,24)/t17-/m0/s1. The molecule has 2 aromatic carbocycles. The Morgan fingerprint density at radius 1 is 1.17 bits per heavy atom. The van der Waals surface area contributed by atoms with Crippen LogP contribution in [0.4, 0.5) is 0 Å². The SMILES string of the molecule is CC1(C)NCCN(S(=O)(=O)c2ccc(Sc3ccc(Cl)cc3)cc2)[C@H]1C(=O)NO. The molecule has 0 aromatic heterocycles. The number of hydrogen-bond acceptors (Lipinski definition) is 6. The van der Waals surface area contributed by atoms with Crippen molar-refractivity contribution in [2.75, 3.05) is 13.1 Å². The number of hydroxylamine groups is 1. The Hall–Kier alpha value is -1.62. The van der Waals surface area contributed by atoms with Crippen molar-refractivity contribution in [2.24, 2.45) is 0 Å². The fraction of sp³-hybridized carbons (Fsp3) is 0.316. The number of benzene rings is 2. The number of hydrogen-bond donors (Lipinski definition) is 3. The van der Waals surface area contributed by atoms with E-state index < -0.39 is 27.5 Å². The van der Waals surface area contributed by atoms with E-state index in [9.17, 15) is 13.2 Å². The van der Waals surface area contributed by atoms with E-state index in [0.717, 1.165) is 14.1 Å². The minimum absolute atomic E-state index is 0.0893. The summed E-state index contributed by atoms with van der Waals surface area (Å²) in [7, 11) is -3.94. The fourth-order valence-electron chi connectivity index (χ4n) is 3.31. The molecule has 1 aliphatic rings. The van der Waals surface area contributed by atoms with Gasteiger partial charge in [0.1, 0.15) is 6.04 Å². The summed E-state index contributed by atoms with van der Waals surface area (Å²) in [5, 5.41) is 12.9. The smallest absolute Gasteiger partial charge is 0.263 e. The van der Waals surface area contributed by atoms with Crippen molar-refractivity contribution in [3.8, 4) is 0 Å². The second kappa shape index (κ2) is 8.63. The summed E-state index contributed by atoms with van der Waals surface area (Å²) in [6, 6.07) is 12.8. The molecule has 0 bridgehead atoms. The predicted molar refractivity (Wildman–Crippen MR) is 112 cm³/mol. The lowest BCUT2D eigenvalue weighted by molar-refractivity contribution is -0.136. The van der Waals surface area contributed by atoms with Crippen LogP contribution in [-0.2, 0) is 14.8 Å². The molecule has 0 saturated carbocycles. The molecule has 1 amide bonds. The highest BCUT2D eigenvalue weighted by atomic mass is 35.5. The van der Waals surface area contributed by atoms with Gasteiger partial charge in [0.15, 0.2) is 0 Å². The van der Waals surface area contributed by atoms with Gasteiger partial charge in [-0.3, -0.25) is 10.0 Å². The number of carbonyl (C=O) groups is 1. The van der Waals surface area contributed by atoms with Crippen molar-refractivity contribution in [3.05, 3.63) is 53.6 Å². The molecular weight excluding hydrogens is 434 g/mol. The minimum Gasteiger partial charge on any atom is -0.308 e. The molecular formula is C19H22ClN3O4S2. The number of nitrogens with one attached hydrogen (secondary N) is 2. The monoisotopic (exact) mass is 455 g/mol. The topological polar surface area (TPSA) is 98.7 Å². The summed E-state index contributed by atoms with van der Waals surface area (Å²) < 4.78 is 27.6. The first-order valence-corrected chi connectivity index (χ1v) is 11.5. The van der Waals surface area contributed by atoms with Crippen molar-refractivity contribution in [1.82, 2.24) is 15.1 Å². The predicted octanol–water partition coefficient (Wildman–Crippen LogP) is 2.74. The van der Waals surface area contributed by atoms with Crippen molar-refractivity contribution in [3.63, 3.8) is 0 Å². The molecule has 7 nitrogen and oxygen atoms in total. The zero-order chi connectivity index (χ0) is 21.2. The lowest BCUT2D eigenvalue weighted by atomic mass is 9.92. The molecule has 0 radical (unpaired) electrons. The van der Waals surface area contributed by atoms with E-state index in [1.54, 1.807) is 43.6 Å². The van der Waals surface area contributed by atoms with Crippen molar-refractivity contribution in [1.29, 1.82) is 0 Å². The van der Waals surface area contributed by atoms with Gasteiger partial charge >= 0.3 is 0 Å². The summed E-state index contributed by atoms with van der Waals surface area (Å²) in [5.41, 5.74) is 0.742. The van der Waals surface area contributed by atoms with Crippen molar-refractivity contribution >= 4 is 39.3 Å². The van der Waals surface area contributed by atoms with Crippen LogP contribution in [-0.4, -0.2) is 48.5 Å². The summed E-state index contributed by atoms with van der Waals surface area (Å²) in [4.78, 5) is 14.2. The van der Waals surface area contributed by atoms with Gasteiger partial charge in [-0.15, -0.1) is 0 Å². The van der Waals surface area contributed by atoms with Crippen LogP contribution in [0.5, 0.6) is 0 Å². The van der Waals surface area contributed by atoms with E-state index in [1.807, 2.05) is 12.1 Å². The van der Waals surface area contributed by atoms with E-state index in [4.69, 9.17) is 16.8 Å². The Labute approximate surface area is 179 Å². The van der Waals surface area contributed by atoms with E-state index in [0.29, 0.717) is 11.6 Å². The van der Waals surface area contributed by atoms with Crippen LogP contribution in [0.2, 0.25) is 5.02 Å². The maximum Gasteiger partial charge on any atom is 0.263 e. The molecule has 156 valence electrons. The molecule has 0 aliphatic carbocycles. The van der Waals surface area contributed by atoms with Gasteiger partial charge in [0.2, 0.25) is 10.0 Å². The second-order valence-corrected chi connectivity index (χ2v) is 10.6. The molecule has 1 atom stereocenters. The average molecular weight is 456 g/mol. The Morgan fingerprint density at radius 2 is 1.72 bits per heavy atom. The third kappa shape index (κ3) is 4.76. The summed E-state index contributed by atoms with van der Waals surface area (Å²) in [5.74, 6) is -0.777. The van der Waals surface area contributed by atoms with Crippen molar-refractivity contribution < 1.29 is 18.4 Å². The number of rotatable bonds is 5. The van der Waals surface area contributed by atoms with Crippen LogP contribution in [0.1, 0.15) is 13.8 Å². The van der Waals surface area contributed by atoms with Crippen molar-refractivity contribution in [2.45, 2.75) is 40.1 Å². The molecule has 0 unspecified atom stereocenters. The van der Waals surface area contributed by atoms with Gasteiger partial charge in [0.05, 0.1) is 4.90 Å². The fourth-order valence-corrected chi connectivity index (χ4v) is 5.97. The maximum absolute atomic E-state index is 13.2. The van der Waals surface area contributed by atoms with Crippen LogP contribution < -0.4 is 10.8 Å². The maximum atomic E-state index is 13.2. The molecule has 1 saturated heterocycles. The Bertz CT molecular complexity index is 980. The van der Waals surface area contributed by atoms with Gasteiger partial charge in [-0.05, 0) is 62.4 Å². The van der Waals surface area contributed by atoms with Crippen LogP contribution in [0.15, 0.2) is 63.2 Å². The quantitative estimate of drug-likeness (QED) is 0.473. The van der Waals surface area contributed by atoms with E-state index >= 15 is 0 Å². The number of carbonyl (C=O) groups excluding carboxylic acids is 1. The van der Waals surface area contributed by atoms with E-state index in [1.165, 1.54) is 23.9 Å². The van der Waals surface area contributed by atoms with Gasteiger partial charge in [-0.25, -0.2) is 13.9 Å². The zero-order valence-electron chi connectivity index (χ0n) is 15.9. The molecule has 2 aromatic rings. The van der Waals surface area contributed by atoms with Gasteiger partial charge < -0.3 is 5.32 Å². The number of halogens is 1. The van der Waals surface area contributed by atoms with Crippen LogP contribution >= 0.6 is 23.4 Å². The summed E-state index contributed by atoms with van der Waals surface area (Å²) >= 11 is 7.38. The van der Waals surface area contributed by atoms with Gasteiger partial charge in [0, 0.05) is 33.4 Å². The average Bonchev–Trinajstić information content (AvgIpc) is 2.68. The lowest BCUT2D eigenvalue weighted by Crippen LogP contribution is -2.69. The lowest BCUT2D eigenvalue weighted by Gasteiger charge is -2.44. The zero-order valence-corrected chi connectivity index (χ0v) is 18.3. The Morgan fingerprint density at radius 3 is 2.28 bits per heavy atom. The third-order valence-electron chi connectivity index (χ3n) is 4.72. The molecule has 1 fully saturated rings. The first-order valence-electron chi connectivity index (χ1n) is 8.89. The number of sulfonamides is 1. The summed E-state index contributed by atoms with van der Waals surface area (Å²) in [6.07, 6.45) is 0. The largest absolute Gasteiger partial charge is 0.308 e. The van der Waals surface area contributed by atoms with Gasteiger partial charge in [0.25, 0.3) is 5.91 Å². The molecule has 10 heteroatoms.